The molecule has 0 atom stereocenters. The van der Waals surface area contributed by atoms with E-state index < -0.39 is 0 Å². The van der Waals surface area contributed by atoms with E-state index in [0.717, 1.165) is 6.54 Å². The fourth-order valence-corrected chi connectivity index (χ4v) is 1.55. The first-order chi connectivity index (χ1) is 7.41. The minimum absolute atomic E-state index is 0.710. The van der Waals surface area contributed by atoms with Crippen LogP contribution in [0.3, 0.4) is 0 Å². The summed E-state index contributed by atoms with van der Waals surface area (Å²) in [5.41, 5.74) is 5.35. The van der Waals surface area contributed by atoms with Crippen molar-refractivity contribution in [1.29, 1.82) is 0 Å². The summed E-state index contributed by atoms with van der Waals surface area (Å²) in [5.74, 6) is 0. The SMILES string of the molecule is CCCCCCCCCC=CNCCN. The van der Waals surface area contributed by atoms with Crippen molar-refractivity contribution < 1.29 is 0 Å². The molecule has 90 valence electrons. The summed E-state index contributed by atoms with van der Waals surface area (Å²) >= 11 is 0. The first kappa shape index (κ1) is 14.5. The van der Waals surface area contributed by atoms with Gasteiger partial charge in [0.1, 0.15) is 0 Å². The Bertz CT molecular complexity index is 132. The van der Waals surface area contributed by atoms with Crippen molar-refractivity contribution in [3.63, 3.8) is 0 Å². The Morgan fingerprint density at radius 3 is 2.33 bits per heavy atom. The van der Waals surface area contributed by atoms with Crippen LogP contribution < -0.4 is 11.1 Å². The van der Waals surface area contributed by atoms with E-state index >= 15 is 0 Å². The quantitative estimate of drug-likeness (QED) is 0.516. The highest BCUT2D eigenvalue weighted by atomic mass is 14.8. The third-order valence-electron chi connectivity index (χ3n) is 2.50. The molecule has 0 rings (SSSR count). The van der Waals surface area contributed by atoms with Gasteiger partial charge in [-0.1, -0.05) is 51.5 Å². The highest BCUT2D eigenvalue weighted by Gasteiger charge is 1.88. The van der Waals surface area contributed by atoms with Crippen LogP contribution in [-0.4, -0.2) is 13.1 Å². The molecule has 2 heteroatoms. The van der Waals surface area contributed by atoms with Crippen LogP contribution in [0.5, 0.6) is 0 Å². The molecule has 0 amide bonds. The molecule has 0 aromatic heterocycles. The fourth-order valence-electron chi connectivity index (χ4n) is 1.55. The number of hydrogen-bond acceptors (Lipinski definition) is 2. The van der Waals surface area contributed by atoms with E-state index in [-0.39, 0.29) is 0 Å². The molecule has 0 radical (unpaired) electrons. The zero-order valence-corrected chi connectivity index (χ0v) is 10.3. The van der Waals surface area contributed by atoms with E-state index in [1.165, 1.54) is 51.4 Å². The Morgan fingerprint density at radius 1 is 1.00 bits per heavy atom. The van der Waals surface area contributed by atoms with Crippen molar-refractivity contribution in [2.75, 3.05) is 13.1 Å². The van der Waals surface area contributed by atoms with Crippen molar-refractivity contribution in [2.45, 2.75) is 58.3 Å². The van der Waals surface area contributed by atoms with Crippen molar-refractivity contribution in [2.24, 2.45) is 5.73 Å². The fraction of sp³-hybridized carbons (Fsp3) is 0.846. The number of nitrogens with one attached hydrogen (secondary N) is 1. The second-order valence-corrected chi connectivity index (χ2v) is 4.06. The Balaban J connectivity index is 2.95. The van der Waals surface area contributed by atoms with E-state index in [2.05, 4.69) is 18.3 Å². The average molecular weight is 212 g/mol. The maximum absolute atomic E-state index is 5.35. The Kier molecular flexibility index (Phi) is 13.1. The van der Waals surface area contributed by atoms with Crippen molar-refractivity contribution in [3.8, 4) is 0 Å². The van der Waals surface area contributed by atoms with Gasteiger partial charge in [-0.3, -0.25) is 0 Å². The minimum Gasteiger partial charge on any atom is -0.390 e. The van der Waals surface area contributed by atoms with E-state index in [9.17, 15) is 0 Å². The highest BCUT2D eigenvalue weighted by Crippen LogP contribution is 2.08. The van der Waals surface area contributed by atoms with Crippen molar-refractivity contribution >= 4 is 0 Å². The van der Waals surface area contributed by atoms with Crippen LogP contribution in [0.15, 0.2) is 12.3 Å². The summed E-state index contributed by atoms with van der Waals surface area (Å²) in [6.07, 6.45) is 15.1. The van der Waals surface area contributed by atoms with Gasteiger partial charge < -0.3 is 11.1 Å². The predicted octanol–water partition coefficient (Wildman–Crippen LogP) is 3.19. The van der Waals surface area contributed by atoms with Gasteiger partial charge in [-0.15, -0.1) is 0 Å². The summed E-state index contributed by atoms with van der Waals surface area (Å²) in [7, 11) is 0. The van der Waals surface area contributed by atoms with Gasteiger partial charge in [0.15, 0.2) is 0 Å². The molecule has 0 aliphatic rings. The lowest BCUT2D eigenvalue weighted by Gasteiger charge is -1.99. The maximum Gasteiger partial charge on any atom is 0.0264 e. The van der Waals surface area contributed by atoms with E-state index in [0.29, 0.717) is 6.54 Å². The number of nitrogens with two attached hydrogens (primary N) is 1. The molecule has 15 heavy (non-hydrogen) atoms. The summed E-state index contributed by atoms with van der Waals surface area (Å²) in [4.78, 5) is 0. The van der Waals surface area contributed by atoms with Crippen LogP contribution in [0.1, 0.15) is 58.3 Å². The predicted molar refractivity (Wildman–Crippen MR) is 68.8 cm³/mol. The lowest BCUT2D eigenvalue weighted by Crippen LogP contribution is -2.16. The Labute approximate surface area is 95.3 Å². The molecule has 0 saturated heterocycles. The maximum atomic E-state index is 5.35. The largest absolute Gasteiger partial charge is 0.390 e. The molecule has 0 aliphatic carbocycles. The van der Waals surface area contributed by atoms with E-state index in [1.54, 1.807) is 0 Å². The molecule has 2 nitrogen and oxygen atoms in total. The first-order valence-corrected chi connectivity index (χ1v) is 6.50. The van der Waals surface area contributed by atoms with Crippen LogP contribution in [0, 0.1) is 0 Å². The Hall–Kier alpha value is -0.500. The van der Waals surface area contributed by atoms with Gasteiger partial charge in [0, 0.05) is 13.1 Å². The molecular formula is C13H28N2. The molecule has 0 spiro atoms. The first-order valence-electron chi connectivity index (χ1n) is 6.50. The summed E-state index contributed by atoms with van der Waals surface area (Å²) in [5, 5.41) is 3.15. The lowest BCUT2D eigenvalue weighted by atomic mass is 10.1. The smallest absolute Gasteiger partial charge is 0.0264 e. The third kappa shape index (κ3) is 13.5. The van der Waals surface area contributed by atoms with Crippen LogP contribution in [0.2, 0.25) is 0 Å². The molecule has 3 N–H and O–H groups in total. The van der Waals surface area contributed by atoms with Gasteiger partial charge >= 0.3 is 0 Å². The number of unbranched alkanes of at least 4 members (excludes halogenated alkanes) is 7. The van der Waals surface area contributed by atoms with Gasteiger partial charge in [-0.25, -0.2) is 0 Å². The van der Waals surface area contributed by atoms with Crippen molar-refractivity contribution in [3.05, 3.63) is 12.3 Å². The monoisotopic (exact) mass is 212 g/mol. The zero-order valence-electron chi connectivity index (χ0n) is 10.3. The third-order valence-corrected chi connectivity index (χ3v) is 2.50. The van der Waals surface area contributed by atoms with E-state index in [4.69, 9.17) is 5.73 Å². The molecule has 0 aromatic carbocycles. The van der Waals surface area contributed by atoms with Crippen LogP contribution >= 0.6 is 0 Å². The van der Waals surface area contributed by atoms with E-state index in [1.807, 2.05) is 6.20 Å². The molecule has 0 heterocycles. The molecule has 0 bridgehead atoms. The molecule has 0 aliphatic heterocycles. The summed E-state index contributed by atoms with van der Waals surface area (Å²) in [6, 6.07) is 0. The van der Waals surface area contributed by atoms with Crippen LogP contribution in [0.25, 0.3) is 0 Å². The zero-order chi connectivity index (χ0) is 11.2. The highest BCUT2D eigenvalue weighted by molar-refractivity contribution is 4.79. The summed E-state index contributed by atoms with van der Waals surface area (Å²) < 4.78 is 0. The molecule has 0 aromatic rings. The van der Waals surface area contributed by atoms with Gasteiger partial charge in [-0.2, -0.15) is 0 Å². The van der Waals surface area contributed by atoms with Gasteiger partial charge in [-0.05, 0) is 19.0 Å². The topological polar surface area (TPSA) is 38.0 Å². The molecule has 0 unspecified atom stereocenters. The molecule has 0 fully saturated rings. The van der Waals surface area contributed by atoms with Gasteiger partial charge in [0.2, 0.25) is 0 Å². The molecular weight excluding hydrogens is 184 g/mol. The number of rotatable bonds is 11. The number of allylic oxidation sites excluding steroid dienone is 1. The van der Waals surface area contributed by atoms with Crippen LogP contribution in [0.4, 0.5) is 0 Å². The minimum atomic E-state index is 0.710. The average Bonchev–Trinajstić information content (AvgIpc) is 2.26. The second kappa shape index (κ2) is 13.5. The lowest BCUT2D eigenvalue weighted by molar-refractivity contribution is 0.592. The van der Waals surface area contributed by atoms with Crippen LogP contribution in [-0.2, 0) is 0 Å². The van der Waals surface area contributed by atoms with Crippen molar-refractivity contribution in [1.82, 2.24) is 5.32 Å². The number of hydrogen-bond donors (Lipinski definition) is 2. The summed E-state index contributed by atoms with van der Waals surface area (Å²) in [6.45, 7) is 3.86. The molecule has 0 saturated carbocycles. The standard InChI is InChI=1S/C13H28N2/c1-2-3-4-5-6-7-8-9-10-12-15-13-11-14/h10,12,15H,2-9,11,13-14H2,1H3. The van der Waals surface area contributed by atoms with Gasteiger partial charge in [0.25, 0.3) is 0 Å². The van der Waals surface area contributed by atoms with Gasteiger partial charge in [0.05, 0.1) is 0 Å². The Morgan fingerprint density at radius 2 is 1.67 bits per heavy atom. The normalized spacial score (nSPS) is 11.1. The second-order valence-electron chi connectivity index (χ2n) is 4.06.